The molecule has 0 rings (SSSR count). The van der Waals surface area contributed by atoms with Gasteiger partial charge in [-0.05, 0) is 33.6 Å². The van der Waals surface area contributed by atoms with Crippen LogP contribution in [0.15, 0.2) is 0 Å². The van der Waals surface area contributed by atoms with E-state index < -0.39 is 35.3 Å². The van der Waals surface area contributed by atoms with Gasteiger partial charge < -0.3 is 9.05 Å². The molecule has 0 bridgehead atoms. The molecular weight excluding hydrogens is 342 g/mol. The molecule has 2 atom stereocenters. The number of nitrogens with one attached hydrogen (secondary N) is 1. The van der Waals surface area contributed by atoms with Crippen LogP contribution >= 0.6 is 7.60 Å². The van der Waals surface area contributed by atoms with Crippen molar-refractivity contribution in [2.24, 2.45) is 0 Å². The molecule has 0 aliphatic rings. The molecule has 0 heterocycles. The summed E-state index contributed by atoms with van der Waals surface area (Å²) in [6.07, 6.45) is -4.16. The van der Waals surface area contributed by atoms with E-state index in [-0.39, 0.29) is 13.2 Å². The largest absolute Gasteiger partial charge is 0.416 e. The lowest BCUT2D eigenvalue weighted by atomic mass is 10.3. The van der Waals surface area contributed by atoms with Gasteiger partial charge >= 0.3 is 13.8 Å². The maximum absolute atomic E-state index is 13.3. The molecule has 0 saturated heterocycles. The SMILES string of the molecule is CCCOP(=O)(OCCC)[C@H](NS(=O)C(C)(C)C)C(F)(F)F. The molecule has 1 N–H and O–H groups in total. The minimum absolute atomic E-state index is 0.141. The predicted octanol–water partition coefficient (Wildman–Crippen LogP) is 3.97. The second-order valence-electron chi connectivity index (χ2n) is 5.65. The Kier molecular flexibility index (Phi) is 8.80. The molecule has 0 spiro atoms. The highest BCUT2D eigenvalue weighted by atomic mass is 32.2. The lowest BCUT2D eigenvalue weighted by molar-refractivity contribution is -0.137. The summed E-state index contributed by atoms with van der Waals surface area (Å²) in [5, 5.41) is 0. The second kappa shape index (κ2) is 8.78. The fourth-order valence-electron chi connectivity index (χ4n) is 1.21. The molecule has 5 nitrogen and oxygen atoms in total. The van der Waals surface area contributed by atoms with Crippen molar-refractivity contribution in [2.75, 3.05) is 13.2 Å². The fourth-order valence-corrected chi connectivity index (χ4v) is 4.31. The van der Waals surface area contributed by atoms with E-state index in [4.69, 9.17) is 9.05 Å². The third kappa shape index (κ3) is 7.08. The van der Waals surface area contributed by atoms with Crippen molar-refractivity contribution >= 4 is 18.6 Å². The van der Waals surface area contributed by atoms with E-state index >= 15 is 0 Å². The van der Waals surface area contributed by atoms with Crippen LogP contribution in [0, 0.1) is 0 Å². The molecule has 0 amide bonds. The van der Waals surface area contributed by atoms with Crippen LogP contribution in [0.4, 0.5) is 13.2 Å². The van der Waals surface area contributed by atoms with Crippen molar-refractivity contribution in [2.45, 2.75) is 64.2 Å². The highest BCUT2D eigenvalue weighted by Gasteiger charge is 2.55. The molecule has 1 unspecified atom stereocenters. The highest BCUT2D eigenvalue weighted by molar-refractivity contribution is 7.84. The van der Waals surface area contributed by atoms with Gasteiger partial charge in [-0.2, -0.15) is 13.2 Å². The number of rotatable bonds is 9. The smallest absolute Gasteiger partial charge is 0.307 e. The molecule has 0 radical (unpaired) electrons. The average molecular weight is 367 g/mol. The molecule has 0 aliphatic heterocycles. The molecule has 0 aliphatic carbocycles. The van der Waals surface area contributed by atoms with E-state index in [9.17, 15) is 21.9 Å². The van der Waals surface area contributed by atoms with E-state index in [0.29, 0.717) is 12.8 Å². The van der Waals surface area contributed by atoms with E-state index in [2.05, 4.69) is 0 Å². The molecule has 134 valence electrons. The van der Waals surface area contributed by atoms with E-state index in [1.165, 1.54) is 20.8 Å². The first-order chi connectivity index (χ1) is 9.88. The summed E-state index contributed by atoms with van der Waals surface area (Å²) in [5.74, 6) is -2.63. The Morgan fingerprint density at radius 2 is 1.50 bits per heavy atom. The van der Waals surface area contributed by atoms with E-state index in [0.717, 1.165) is 0 Å². The molecule has 0 aromatic heterocycles. The Balaban J connectivity index is 5.49. The van der Waals surface area contributed by atoms with Crippen LogP contribution < -0.4 is 4.72 Å². The quantitative estimate of drug-likeness (QED) is 0.626. The normalized spacial score (nSPS) is 16.5. The van der Waals surface area contributed by atoms with E-state index in [1.54, 1.807) is 13.8 Å². The minimum atomic E-state index is -4.92. The van der Waals surface area contributed by atoms with Gasteiger partial charge in [-0.25, -0.2) is 8.93 Å². The molecule has 0 fully saturated rings. The molecular formula is C12H25F3NO4PS. The average Bonchev–Trinajstić information content (AvgIpc) is 2.37. The Hall–Kier alpha value is 0.0500. The molecule has 22 heavy (non-hydrogen) atoms. The van der Waals surface area contributed by atoms with Crippen LogP contribution in [0.25, 0.3) is 0 Å². The molecule has 10 heteroatoms. The Labute approximate surface area is 132 Å². The number of hydrogen-bond donors (Lipinski definition) is 1. The van der Waals surface area contributed by atoms with Crippen LogP contribution in [0.2, 0.25) is 0 Å². The van der Waals surface area contributed by atoms with Gasteiger partial charge in [-0.3, -0.25) is 4.57 Å². The molecule has 0 aromatic carbocycles. The third-order valence-electron chi connectivity index (χ3n) is 2.35. The van der Waals surface area contributed by atoms with Crippen molar-refractivity contribution in [3.05, 3.63) is 0 Å². The van der Waals surface area contributed by atoms with Gasteiger partial charge in [0.2, 0.25) is 5.78 Å². The fraction of sp³-hybridized carbons (Fsp3) is 1.00. The zero-order valence-corrected chi connectivity index (χ0v) is 15.2. The monoisotopic (exact) mass is 367 g/mol. The number of halogens is 3. The van der Waals surface area contributed by atoms with Gasteiger partial charge in [0.05, 0.1) is 28.9 Å². The van der Waals surface area contributed by atoms with Crippen LogP contribution in [-0.4, -0.2) is 34.1 Å². The van der Waals surface area contributed by atoms with Crippen LogP contribution in [0.5, 0.6) is 0 Å². The number of hydrogen-bond acceptors (Lipinski definition) is 4. The standard InChI is InChI=1S/C12H25F3NO4PS/c1-6-8-19-21(17,20-9-7-2)10(12(13,14)15)16-22(18)11(3,4)5/h10,16H,6-9H2,1-5H3/t10-,22?/m0/s1. The zero-order valence-electron chi connectivity index (χ0n) is 13.5. The summed E-state index contributed by atoms with van der Waals surface area (Å²) >= 11 is 0. The lowest BCUT2D eigenvalue weighted by Crippen LogP contribution is -2.47. The summed E-state index contributed by atoms with van der Waals surface area (Å²) in [4.78, 5) is 0. The van der Waals surface area contributed by atoms with Crippen molar-refractivity contribution in [3.8, 4) is 0 Å². The Morgan fingerprint density at radius 3 is 1.77 bits per heavy atom. The second-order valence-corrected chi connectivity index (χ2v) is 9.76. The predicted molar refractivity (Wildman–Crippen MR) is 81.0 cm³/mol. The summed E-state index contributed by atoms with van der Waals surface area (Å²) in [7, 11) is -6.61. The van der Waals surface area contributed by atoms with Crippen molar-refractivity contribution in [1.29, 1.82) is 0 Å². The topological polar surface area (TPSA) is 64.6 Å². The van der Waals surface area contributed by atoms with Gasteiger partial charge in [0, 0.05) is 0 Å². The first-order valence-corrected chi connectivity index (χ1v) is 9.78. The van der Waals surface area contributed by atoms with Crippen LogP contribution in [0.3, 0.4) is 0 Å². The third-order valence-corrected chi connectivity index (χ3v) is 6.23. The van der Waals surface area contributed by atoms with Crippen molar-refractivity contribution in [1.82, 2.24) is 4.72 Å². The summed E-state index contributed by atoms with van der Waals surface area (Å²) in [5.41, 5.74) is 0. The van der Waals surface area contributed by atoms with Gasteiger partial charge in [0.1, 0.15) is 0 Å². The van der Waals surface area contributed by atoms with E-state index in [1.807, 2.05) is 4.72 Å². The Morgan fingerprint density at radius 1 is 1.09 bits per heavy atom. The number of alkyl halides is 3. The van der Waals surface area contributed by atoms with Crippen LogP contribution in [0.1, 0.15) is 47.5 Å². The lowest BCUT2D eigenvalue weighted by Gasteiger charge is -2.30. The molecule has 0 saturated carbocycles. The first-order valence-electron chi connectivity index (χ1n) is 7.02. The summed E-state index contributed by atoms with van der Waals surface area (Å²) in [6.45, 7) is 7.59. The zero-order chi connectivity index (χ0) is 17.6. The van der Waals surface area contributed by atoms with Gasteiger partial charge in [-0.1, -0.05) is 13.8 Å². The van der Waals surface area contributed by atoms with Crippen LogP contribution in [-0.2, 0) is 24.6 Å². The summed E-state index contributed by atoms with van der Waals surface area (Å²) < 4.78 is 75.2. The first kappa shape index (κ1) is 22.1. The van der Waals surface area contributed by atoms with Crippen molar-refractivity contribution < 1.29 is 31.0 Å². The minimum Gasteiger partial charge on any atom is -0.307 e. The van der Waals surface area contributed by atoms with Crippen molar-refractivity contribution in [3.63, 3.8) is 0 Å². The maximum atomic E-state index is 13.3. The Bertz CT molecular complexity index is 400. The van der Waals surface area contributed by atoms with Gasteiger partial charge in [0.25, 0.3) is 0 Å². The summed E-state index contributed by atoms with van der Waals surface area (Å²) in [6, 6.07) is 0. The highest BCUT2D eigenvalue weighted by Crippen LogP contribution is 2.57. The molecule has 0 aromatic rings. The van der Waals surface area contributed by atoms with Gasteiger partial charge in [0.15, 0.2) is 0 Å². The maximum Gasteiger partial charge on any atom is 0.416 e. The van der Waals surface area contributed by atoms with Gasteiger partial charge in [-0.15, -0.1) is 0 Å².